The molecule has 10 heteroatoms. The Kier molecular flexibility index (Phi) is 7.54. The Morgan fingerprint density at radius 3 is 2.43 bits per heavy atom. The van der Waals surface area contributed by atoms with E-state index in [1.165, 1.54) is 21.6 Å². The Bertz CT molecular complexity index is 1630. The van der Waals surface area contributed by atoms with Crippen molar-refractivity contribution in [3.63, 3.8) is 0 Å². The maximum Gasteiger partial charge on any atom is 0.268 e. The Balaban J connectivity index is 1.86. The Morgan fingerprint density at radius 2 is 1.78 bits per heavy atom. The van der Waals surface area contributed by atoms with Crippen molar-refractivity contribution in [3.8, 4) is 11.5 Å². The van der Waals surface area contributed by atoms with Gasteiger partial charge in [-0.1, -0.05) is 25.1 Å². The molecule has 4 aromatic rings. The molecule has 0 atom stereocenters. The van der Waals surface area contributed by atoms with E-state index in [1.807, 2.05) is 32.0 Å². The van der Waals surface area contributed by atoms with Gasteiger partial charge < -0.3 is 14.2 Å². The molecule has 0 aliphatic carbocycles. The van der Waals surface area contributed by atoms with Gasteiger partial charge in [0.15, 0.2) is 5.75 Å². The summed E-state index contributed by atoms with van der Waals surface area (Å²) < 4.78 is 36.4. The Hall–Kier alpha value is -3.47. The third-order valence-corrected chi connectivity index (χ3v) is 8.68. The quantitative estimate of drug-likeness (QED) is 0.341. The fraction of sp³-hybridized carbons (Fsp3) is 0.259. The van der Waals surface area contributed by atoms with Gasteiger partial charge in [0, 0.05) is 31.7 Å². The number of nitrogens with zero attached hydrogens (tertiary/aromatic N) is 2. The summed E-state index contributed by atoms with van der Waals surface area (Å²) in [5.74, 6) is 0.634. The second-order valence-corrected chi connectivity index (χ2v) is 11.4. The van der Waals surface area contributed by atoms with Crippen molar-refractivity contribution < 1.29 is 17.9 Å². The van der Waals surface area contributed by atoms with Gasteiger partial charge in [-0.05, 0) is 62.2 Å². The third-order valence-electron chi connectivity index (χ3n) is 6.01. The number of aromatic nitrogens is 1. The lowest BCUT2D eigenvalue weighted by molar-refractivity contribution is 0.0991. The van der Waals surface area contributed by atoms with Crippen LogP contribution in [0.25, 0.3) is 10.1 Å². The zero-order valence-electron chi connectivity index (χ0n) is 21.4. The minimum atomic E-state index is -3.79. The van der Waals surface area contributed by atoms with Gasteiger partial charge in [-0.25, -0.2) is 13.1 Å². The number of benzene rings is 2. The van der Waals surface area contributed by atoms with Gasteiger partial charge in [0.25, 0.3) is 11.5 Å². The van der Waals surface area contributed by atoms with Crippen LogP contribution in [0.4, 0.5) is 5.69 Å². The normalized spacial score (nSPS) is 11.6. The van der Waals surface area contributed by atoms with Crippen LogP contribution in [0.3, 0.4) is 0 Å². The SMILES string of the molecule is CCNS(=O)(=O)c1ccc(Oc2c(C)cccc2C)c(N(CC)C(=O)c2cc3ccn(C)c(=O)c3s2)c1. The molecular weight excluding hydrogens is 510 g/mol. The van der Waals surface area contributed by atoms with Crippen LogP contribution < -0.4 is 19.9 Å². The van der Waals surface area contributed by atoms with E-state index in [2.05, 4.69) is 4.72 Å². The standard InChI is InChI=1S/C27H29N3O5S2/c1-6-28-37(33,34)20-11-12-22(35-24-17(3)9-8-10-18(24)4)21(16-20)30(7-2)26(31)23-15-19-13-14-29(5)27(32)25(19)36-23/h8-16,28H,6-7H2,1-5H3. The number of fused-ring (bicyclic) bond motifs is 1. The summed E-state index contributed by atoms with van der Waals surface area (Å²) in [5, 5.41) is 0.683. The summed E-state index contributed by atoms with van der Waals surface area (Å²) in [6, 6.07) is 13.7. The van der Waals surface area contributed by atoms with E-state index >= 15 is 0 Å². The molecule has 194 valence electrons. The number of pyridine rings is 1. The van der Waals surface area contributed by atoms with E-state index in [4.69, 9.17) is 4.74 Å². The second kappa shape index (κ2) is 10.5. The number of anilines is 1. The van der Waals surface area contributed by atoms with Crippen LogP contribution in [0.15, 0.2) is 64.4 Å². The second-order valence-electron chi connectivity index (χ2n) is 8.63. The monoisotopic (exact) mass is 539 g/mol. The summed E-state index contributed by atoms with van der Waals surface area (Å²) in [7, 11) is -2.13. The summed E-state index contributed by atoms with van der Waals surface area (Å²) in [6.45, 7) is 7.83. The van der Waals surface area contributed by atoms with Crippen molar-refractivity contribution in [2.75, 3.05) is 18.0 Å². The van der Waals surface area contributed by atoms with Crippen LogP contribution in [-0.2, 0) is 17.1 Å². The zero-order valence-corrected chi connectivity index (χ0v) is 23.0. The van der Waals surface area contributed by atoms with Gasteiger partial charge in [0.2, 0.25) is 10.0 Å². The maximum absolute atomic E-state index is 13.8. The highest BCUT2D eigenvalue weighted by atomic mass is 32.2. The summed E-state index contributed by atoms with van der Waals surface area (Å²) in [4.78, 5) is 28.2. The average molecular weight is 540 g/mol. The Morgan fingerprint density at radius 1 is 1.08 bits per heavy atom. The third kappa shape index (κ3) is 5.18. The first kappa shape index (κ1) is 26.6. The number of rotatable bonds is 8. The van der Waals surface area contributed by atoms with Crippen molar-refractivity contribution in [1.82, 2.24) is 9.29 Å². The van der Waals surface area contributed by atoms with Crippen molar-refractivity contribution in [3.05, 3.63) is 81.1 Å². The molecule has 2 aromatic carbocycles. The first-order valence-electron chi connectivity index (χ1n) is 11.9. The molecule has 2 aromatic heterocycles. The number of nitrogens with one attached hydrogen (secondary N) is 1. The van der Waals surface area contributed by atoms with Gasteiger partial charge in [-0.15, -0.1) is 11.3 Å². The van der Waals surface area contributed by atoms with Crippen molar-refractivity contribution in [2.45, 2.75) is 32.6 Å². The van der Waals surface area contributed by atoms with E-state index in [1.54, 1.807) is 45.3 Å². The van der Waals surface area contributed by atoms with Gasteiger partial charge in [-0.3, -0.25) is 9.59 Å². The molecule has 0 aliphatic heterocycles. The molecule has 1 N–H and O–H groups in total. The van der Waals surface area contributed by atoms with Crippen LogP contribution in [-0.4, -0.2) is 32.0 Å². The summed E-state index contributed by atoms with van der Waals surface area (Å²) in [6.07, 6.45) is 1.66. The van der Waals surface area contributed by atoms with Gasteiger partial charge in [-0.2, -0.15) is 0 Å². The van der Waals surface area contributed by atoms with E-state index in [0.29, 0.717) is 32.1 Å². The fourth-order valence-electron chi connectivity index (χ4n) is 4.08. The molecule has 0 unspecified atom stereocenters. The number of carbonyl (C=O) groups excluding carboxylic acids is 1. The molecule has 0 radical (unpaired) electrons. The highest BCUT2D eigenvalue weighted by Crippen LogP contribution is 2.38. The van der Waals surface area contributed by atoms with Crippen molar-refractivity contribution in [1.29, 1.82) is 0 Å². The molecule has 0 bridgehead atoms. The highest BCUT2D eigenvalue weighted by molar-refractivity contribution is 7.89. The van der Waals surface area contributed by atoms with Crippen LogP contribution in [0.5, 0.6) is 11.5 Å². The number of para-hydroxylation sites is 1. The van der Waals surface area contributed by atoms with E-state index < -0.39 is 10.0 Å². The molecule has 8 nitrogen and oxygen atoms in total. The molecule has 0 aliphatic rings. The maximum atomic E-state index is 13.8. The molecular formula is C27H29N3O5S2. The lowest BCUT2D eigenvalue weighted by atomic mass is 10.1. The minimum absolute atomic E-state index is 0.0228. The lowest BCUT2D eigenvalue weighted by Crippen LogP contribution is -2.31. The number of sulfonamides is 1. The van der Waals surface area contributed by atoms with Crippen molar-refractivity contribution in [2.24, 2.45) is 7.05 Å². The van der Waals surface area contributed by atoms with E-state index in [9.17, 15) is 18.0 Å². The van der Waals surface area contributed by atoms with E-state index in [-0.39, 0.29) is 29.5 Å². The van der Waals surface area contributed by atoms with Crippen LogP contribution >= 0.6 is 11.3 Å². The minimum Gasteiger partial charge on any atom is -0.455 e. The number of thiophene rings is 1. The van der Waals surface area contributed by atoms with Crippen molar-refractivity contribution >= 4 is 43.0 Å². The average Bonchev–Trinajstić information content (AvgIpc) is 3.30. The predicted molar refractivity (Wildman–Crippen MR) is 148 cm³/mol. The smallest absolute Gasteiger partial charge is 0.268 e. The number of hydrogen-bond acceptors (Lipinski definition) is 6. The van der Waals surface area contributed by atoms with Crippen LogP contribution in [0.2, 0.25) is 0 Å². The summed E-state index contributed by atoms with van der Waals surface area (Å²) >= 11 is 1.12. The topological polar surface area (TPSA) is 97.7 Å². The molecule has 0 saturated heterocycles. The van der Waals surface area contributed by atoms with Gasteiger partial charge >= 0.3 is 0 Å². The van der Waals surface area contributed by atoms with Gasteiger partial charge in [0.1, 0.15) is 10.4 Å². The molecule has 2 heterocycles. The number of hydrogen-bond donors (Lipinski definition) is 1. The molecule has 0 spiro atoms. The largest absolute Gasteiger partial charge is 0.455 e. The van der Waals surface area contributed by atoms with Crippen LogP contribution in [0.1, 0.15) is 34.6 Å². The van der Waals surface area contributed by atoms with Gasteiger partial charge in [0.05, 0.1) is 15.5 Å². The lowest BCUT2D eigenvalue weighted by Gasteiger charge is -2.24. The first-order chi connectivity index (χ1) is 17.6. The number of amides is 1. The van der Waals surface area contributed by atoms with E-state index in [0.717, 1.165) is 22.5 Å². The first-order valence-corrected chi connectivity index (χ1v) is 14.2. The number of carbonyl (C=O) groups is 1. The Labute approximate surface area is 220 Å². The number of ether oxygens (including phenoxy) is 1. The zero-order chi connectivity index (χ0) is 26.9. The highest BCUT2D eigenvalue weighted by Gasteiger charge is 2.25. The molecule has 0 fully saturated rings. The molecule has 37 heavy (non-hydrogen) atoms. The summed E-state index contributed by atoms with van der Waals surface area (Å²) in [5.41, 5.74) is 1.96. The molecule has 0 saturated carbocycles. The number of aryl methyl sites for hydroxylation is 3. The fourth-order valence-corrected chi connectivity index (χ4v) is 6.22. The van der Waals surface area contributed by atoms with Crippen LogP contribution in [0, 0.1) is 13.8 Å². The molecule has 1 amide bonds. The predicted octanol–water partition coefficient (Wildman–Crippen LogP) is 4.97. The molecule has 4 rings (SSSR count).